The van der Waals surface area contributed by atoms with Crippen molar-refractivity contribution in [3.05, 3.63) is 44.9 Å². The summed E-state index contributed by atoms with van der Waals surface area (Å²) in [5.41, 5.74) is 3.93. The van der Waals surface area contributed by atoms with E-state index in [0.717, 1.165) is 22.5 Å². The second-order valence-electron chi connectivity index (χ2n) is 4.74. The van der Waals surface area contributed by atoms with Crippen molar-refractivity contribution in [1.29, 1.82) is 0 Å². The van der Waals surface area contributed by atoms with Gasteiger partial charge in [-0.3, -0.25) is 14.8 Å². The van der Waals surface area contributed by atoms with E-state index in [0.29, 0.717) is 12.4 Å². The average molecular weight is 275 g/mol. The molecule has 0 aliphatic rings. The lowest BCUT2D eigenvalue weighted by atomic mass is 10.2. The first-order valence-electron chi connectivity index (χ1n) is 6.24. The maximum Gasteiger partial charge on any atom is 0.287 e. The van der Waals surface area contributed by atoms with Gasteiger partial charge >= 0.3 is 0 Å². The highest BCUT2D eigenvalue weighted by Gasteiger charge is 2.12. The van der Waals surface area contributed by atoms with Gasteiger partial charge in [-0.05, 0) is 26.3 Å². The van der Waals surface area contributed by atoms with Crippen LogP contribution in [0.4, 0.5) is 11.5 Å². The van der Waals surface area contributed by atoms with Crippen molar-refractivity contribution in [2.75, 3.05) is 5.32 Å². The number of nitrogens with one attached hydrogen (secondary N) is 1. The van der Waals surface area contributed by atoms with Crippen LogP contribution < -0.4 is 5.32 Å². The third kappa shape index (κ3) is 2.61. The van der Waals surface area contributed by atoms with E-state index in [-0.39, 0.29) is 5.69 Å². The highest BCUT2D eigenvalue weighted by atomic mass is 16.6. The van der Waals surface area contributed by atoms with Gasteiger partial charge in [0.1, 0.15) is 12.0 Å². The van der Waals surface area contributed by atoms with E-state index in [1.54, 1.807) is 6.92 Å². The van der Waals surface area contributed by atoms with Crippen LogP contribution in [0.25, 0.3) is 0 Å². The predicted octanol–water partition coefficient (Wildman–Crippen LogP) is 2.26. The second kappa shape index (κ2) is 5.28. The van der Waals surface area contributed by atoms with Crippen LogP contribution in [0, 0.1) is 30.9 Å². The number of anilines is 1. The van der Waals surface area contributed by atoms with Crippen LogP contribution in [-0.4, -0.2) is 19.7 Å². The summed E-state index contributed by atoms with van der Waals surface area (Å²) in [5, 5.41) is 18.2. The molecule has 0 aliphatic heterocycles. The minimum atomic E-state index is -0.445. The van der Waals surface area contributed by atoms with E-state index in [1.165, 1.54) is 12.3 Å². The molecule has 106 valence electrons. The molecule has 0 saturated carbocycles. The first-order chi connectivity index (χ1) is 9.40. The molecule has 0 atom stereocenters. The standard InChI is InChI=1S/C13H17N5O2/c1-8-5-11(18(19)20)6-14-13(8)15-7-12-9(2)16-17(4)10(12)3/h5-6H,7H2,1-4H3,(H,14,15). The fourth-order valence-electron chi connectivity index (χ4n) is 2.09. The lowest BCUT2D eigenvalue weighted by Crippen LogP contribution is -2.05. The summed E-state index contributed by atoms with van der Waals surface area (Å²) in [6.45, 7) is 6.36. The van der Waals surface area contributed by atoms with Crippen molar-refractivity contribution in [2.24, 2.45) is 7.05 Å². The molecule has 2 aromatic rings. The minimum absolute atomic E-state index is 0.00166. The molecule has 0 unspecified atom stereocenters. The number of pyridine rings is 1. The van der Waals surface area contributed by atoms with E-state index in [1.807, 2.05) is 25.6 Å². The summed E-state index contributed by atoms with van der Waals surface area (Å²) in [6.07, 6.45) is 1.26. The Bertz CT molecular complexity index is 663. The molecule has 2 heterocycles. The van der Waals surface area contributed by atoms with Gasteiger partial charge in [-0.1, -0.05) is 0 Å². The van der Waals surface area contributed by atoms with E-state index in [2.05, 4.69) is 15.4 Å². The van der Waals surface area contributed by atoms with Gasteiger partial charge in [0, 0.05) is 30.9 Å². The van der Waals surface area contributed by atoms with Gasteiger partial charge < -0.3 is 5.32 Å². The number of aromatic nitrogens is 3. The van der Waals surface area contributed by atoms with E-state index in [4.69, 9.17) is 0 Å². The molecule has 7 heteroatoms. The van der Waals surface area contributed by atoms with Crippen molar-refractivity contribution >= 4 is 11.5 Å². The molecule has 0 amide bonds. The largest absolute Gasteiger partial charge is 0.366 e. The zero-order valence-electron chi connectivity index (χ0n) is 12.0. The molecular weight excluding hydrogens is 258 g/mol. The summed E-state index contributed by atoms with van der Waals surface area (Å²) >= 11 is 0. The molecular formula is C13H17N5O2. The van der Waals surface area contributed by atoms with Crippen molar-refractivity contribution in [2.45, 2.75) is 27.3 Å². The Balaban J connectivity index is 2.17. The van der Waals surface area contributed by atoms with Crippen LogP contribution in [0.5, 0.6) is 0 Å². The highest BCUT2D eigenvalue weighted by molar-refractivity contribution is 5.48. The zero-order valence-corrected chi connectivity index (χ0v) is 12.0. The summed E-state index contributed by atoms with van der Waals surface area (Å²) in [6, 6.07) is 1.51. The van der Waals surface area contributed by atoms with Crippen LogP contribution in [0.1, 0.15) is 22.5 Å². The molecule has 1 N–H and O–H groups in total. The number of aryl methyl sites for hydroxylation is 3. The first-order valence-corrected chi connectivity index (χ1v) is 6.24. The SMILES string of the molecule is Cc1cc([N+](=O)[O-])cnc1NCc1c(C)nn(C)c1C. The average Bonchev–Trinajstić information content (AvgIpc) is 2.62. The summed E-state index contributed by atoms with van der Waals surface area (Å²) in [5.74, 6) is 0.651. The molecule has 0 aliphatic carbocycles. The minimum Gasteiger partial charge on any atom is -0.366 e. The normalized spacial score (nSPS) is 10.6. The van der Waals surface area contributed by atoms with Crippen molar-refractivity contribution < 1.29 is 4.92 Å². The van der Waals surface area contributed by atoms with E-state index >= 15 is 0 Å². The Morgan fingerprint density at radius 3 is 2.60 bits per heavy atom. The Morgan fingerprint density at radius 2 is 2.10 bits per heavy atom. The molecule has 0 saturated heterocycles. The lowest BCUT2D eigenvalue weighted by Gasteiger charge is -2.08. The summed E-state index contributed by atoms with van der Waals surface area (Å²) in [4.78, 5) is 14.3. The zero-order chi connectivity index (χ0) is 14.9. The lowest BCUT2D eigenvalue weighted by molar-refractivity contribution is -0.385. The van der Waals surface area contributed by atoms with Crippen LogP contribution in [0.3, 0.4) is 0 Å². The number of hydrogen-bond donors (Lipinski definition) is 1. The molecule has 20 heavy (non-hydrogen) atoms. The van der Waals surface area contributed by atoms with Gasteiger partial charge in [0.05, 0.1) is 10.6 Å². The fraction of sp³-hybridized carbons (Fsp3) is 0.385. The van der Waals surface area contributed by atoms with Gasteiger partial charge in [0.2, 0.25) is 0 Å². The number of nitrogens with zero attached hydrogens (tertiary/aromatic N) is 4. The first kappa shape index (κ1) is 14.0. The summed E-state index contributed by atoms with van der Waals surface area (Å²) in [7, 11) is 1.90. The monoisotopic (exact) mass is 275 g/mol. The van der Waals surface area contributed by atoms with Crippen molar-refractivity contribution in [3.63, 3.8) is 0 Å². The van der Waals surface area contributed by atoms with Crippen LogP contribution in [-0.2, 0) is 13.6 Å². The number of rotatable bonds is 4. The molecule has 7 nitrogen and oxygen atoms in total. The molecule has 2 rings (SSSR count). The molecule has 0 spiro atoms. The Kier molecular flexibility index (Phi) is 3.69. The third-order valence-electron chi connectivity index (χ3n) is 3.37. The van der Waals surface area contributed by atoms with Crippen molar-refractivity contribution in [3.8, 4) is 0 Å². The molecule has 0 fully saturated rings. The van der Waals surface area contributed by atoms with Crippen LogP contribution >= 0.6 is 0 Å². The predicted molar refractivity (Wildman–Crippen MR) is 75.6 cm³/mol. The Hall–Kier alpha value is -2.44. The van der Waals surface area contributed by atoms with Crippen LogP contribution in [0.2, 0.25) is 0 Å². The smallest absolute Gasteiger partial charge is 0.287 e. The molecule has 0 aromatic carbocycles. The molecule has 2 aromatic heterocycles. The maximum absolute atomic E-state index is 10.7. The fourth-order valence-corrected chi connectivity index (χ4v) is 2.09. The topological polar surface area (TPSA) is 85.9 Å². The quantitative estimate of drug-likeness (QED) is 0.683. The van der Waals surface area contributed by atoms with Crippen molar-refractivity contribution in [1.82, 2.24) is 14.8 Å². The van der Waals surface area contributed by atoms with Gasteiger partial charge in [0.25, 0.3) is 5.69 Å². The Morgan fingerprint density at radius 1 is 1.40 bits per heavy atom. The van der Waals surface area contributed by atoms with Gasteiger partial charge in [0.15, 0.2) is 0 Å². The highest BCUT2D eigenvalue weighted by Crippen LogP contribution is 2.20. The summed E-state index contributed by atoms with van der Waals surface area (Å²) < 4.78 is 1.84. The second-order valence-corrected chi connectivity index (χ2v) is 4.74. The van der Waals surface area contributed by atoms with Gasteiger partial charge in [-0.2, -0.15) is 5.10 Å². The van der Waals surface area contributed by atoms with Crippen LogP contribution in [0.15, 0.2) is 12.3 Å². The molecule has 0 radical (unpaired) electrons. The maximum atomic E-state index is 10.7. The van der Waals surface area contributed by atoms with E-state index < -0.39 is 4.92 Å². The van der Waals surface area contributed by atoms with Gasteiger partial charge in [-0.25, -0.2) is 4.98 Å². The number of nitro groups is 1. The Labute approximate surface area is 116 Å². The third-order valence-corrected chi connectivity index (χ3v) is 3.37. The molecule has 0 bridgehead atoms. The van der Waals surface area contributed by atoms with E-state index in [9.17, 15) is 10.1 Å². The van der Waals surface area contributed by atoms with Gasteiger partial charge in [-0.15, -0.1) is 0 Å². The number of hydrogen-bond acceptors (Lipinski definition) is 5.